The highest BCUT2D eigenvalue weighted by atomic mass is 32.2. The van der Waals surface area contributed by atoms with E-state index in [1.54, 1.807) is 0 Å². The topological polar surface area (TPSA) is 52.3 Å². The van der Waals surface area contributed by atoms with Crippen LogP contribution in [0.2, 0.25) is 0 Å². The molecule has 2 saturated carbocycles. The largest absolute Gasteiger partial charge is 0.469 e. The van der Waals surface area contributed by atoms with Gasteiger partial charge in [0.15, 0.2) is 0 Å². The minimum atomic E-state index is -0.0656. The van der Waals surface area contributed by atoms with E-state index in [2.05, 4.69) is 13.8 Å². The first-order valence-corrected chi connectivity index (χ1v) is 7.87. The summed E-state index contributed by atoms with van der Waals surface area (Å²) in [6.07, 6.45) is 5.35. The molecule has 0 heterocycles. The second kappa shape index (κ2) is 5.04. The highest BCUT2D eigenvalue weighted by Crippen LogP contribution is 2.53. The Kier molecular flexibility index (Phi) is 3.98. The molecule has 0 spiro atoms. The summed E-state index contributed by atoms with van der Waals surface area (Å²) in [5, 5.41) is 0.565. The smallest absolute Gasteiger partial charge is 0.306 e. The predicted octanol–water partition coefficient (Wildman–Crippen LogP) is 2.58. The Bertz CT molecular complexity index is 326. The molecule has 0 aromatic heterocycles. The van der Waals surface area contributed by atoms with Gasteiger partial charge < -0.3 is 10.5 Å². The average Bonchev–Trinajstić information content (AvgIpc) is 3.02. The summed E-state index contributed by atoms with van der Waals surface area (Å²) in [5.41, 5.74) is 6.82. The molecule has 0 aliphatic heterocycles. The van der Waals surface area contributed by atoms with Gasteiger partial charge in [0.25, 0.3) is 0 Å². The molecule has 3 nitrogen and oxygen atoms in total. The average molecular weight is 271 g/mol. The van der Waals surface area contributed by atoms with Crippen molar-refractivity contribution in [1.82, 2.24) is 0 Å². The van der Waals surface area contributed by atoms with Crippen molar-refractivity contribution in [1.29, 1.82) is 0 Å². The highest BCUT2D eigenvalue weighted by Gasteiger charge is 2.47. The number of hydrogen-bond donors (Lipinski definition) is 1. The third kappa shape index (κ3) is 3.02. The van der Waals surface area contributed by atoms with Crippen molar-refractivity contribution < 1.29 is 9.53 Å². The zero-order valence-electron chi connectivity index (χ0n) is 11.7. The van der Waals surface area contributed by atoms with Crippen molar-refractivity contribution in [2.24, 2.45) is 16.6 Å². The molecule has 2 aliphatic rings. The fourth-order valence-corrected chi connectivity index (χ4v) is 4.58. The van der Waals surface area contributed by atoms with Crippen molar-refractivity contribution in [2.45, 2.75) is 57.2 Å². The van der Waals surface area contributed by atoms with Crippen molar-refractivity contribution in [2.75, 3.05) is 12.9 Å². The molecule has 2 unspecified atom stereocenters. The van der Waals surface area contributed by atoms with Gasteiger partial charge in [-0.3, -0.25) is 4.79 Å². The number of esters is 1. The van der Waals surface area contributed by atoms with Crippen LogP contribution in [-0.4, -0.2) is 30.1 Å². The van der Waals surface area contributed by atoms with Crippen LogP contribution in [0.4, 0.5) is 0 Å². The van der Waals surface area contributed by atoms with E-state index in [4.69, 9.17) is 10.5 Å². The van der Waals surface area contributed by atoms with Crippen LogP contribution in [0.5, 0.6) is 0 Å². The fourth-order valence-electron chi connectivity index (χ4n) is 2.76. The number of methoxy groups -OCH3 is 1. The number of nitrogens with two attached hydrogens (primary N) is 1. The van der Waals surface area contributed by atoms with E-state index in [0.717, 1.165) is 5.75 Å². The molecule has 4 heteroatoms. The Morgan fingerprint density at radius 3 is 2.50 bits per heavy atom. The monoisotopic (exact) mass is 271 g/mol. The van der Waals surface area contributed by atoms with E-state index in [-0.39, 0.29) is 22.8 Å². The van der Waals surface area contributed by atoms with Gasteiger partial charge >= 0.3 is 5.97 Å². The first-order valence-electron chi connectivity index (χ1n) is 6.83. The Morgan fingerprint density at radius 1 is 1.39 bits per heavy atom. The van der Waals surface area contributed by atoms with Crippen LogP contribution in [0.25, 0.3) is 0 Å². The van der Waals surface area contributed by atoms with Crippen LogP contribution in [0, 0.1) is 10.8 Å². The van der Waals surface area contributed by atoms with Crippen LogP contribution >= 0.6 is 11.8 Å². The summed E-state index contributed by atoms with van der Waals surface area (Å²) in [7, 11) is 1.47. The van der Waals surface area contributed by atoms with E-state index in [0.29, 0.717) is 11.7 Å². The van der Waals surface area contributed by atoms with E-state index in [1.165, 1.54) is 32.8 Å². The molecule has 2 fully saturated rings. The summed E-state index contributed by atoms with van der Waals surface area (Å²) in [4.78, 5) is 11.4. The lowest BCUT2D eigenvalue weighted by atomic mass is 9.88. The lowest BCUT2D eigenvalue weighted by Crippen LogP contribution is -2.38. The van der Waals surface area contributed by atoms with Crippen LogP contribution in [0.1, 0.15) is 46.0 Å². The molecule has 0 bridgehead atoms. The Morgan fingerprint density at radius 2 is 2.06 bits per heavy atom. The quantitative estimate of drug-likeness (QED) is 0.781. The molecule has 0 aromatic carbocycles. The first kappa shape index (κ1) is 14.2. The molecule has 0 aromatic rings. The summed E-state index contributed by atoms with van der Waals surface area (Å²) < 4.78 is 4.78. The minimum Gasteiger partial charge on any atom is -0.469 e. The SMILES string of the molecule is COC(=O)CC1(CSC2CCC(C)(C)C2N)CC1. The van der Waals surface area contributed by atoms with Crippen LogP contribution < -0.4 is 5.73 Å². The van der Waals surface area contributed by atoms with Gasteiger partial charge in [-0.1, -0.05) is 13.8 Å². The molecule has 2 N–H and O–H groups in total. The van der Waals surface area contributed by atoms with E-state index < -0.39 is 0 Å². The van der Waals surface area contributed by atoms with E-state index >= 15 is 0 Å². The van der Waals surface area contributed by atoms with Gasteiger partial charge in [-0.25, -0.2) is 0 Å². The summed E-state index contributed by atoms with van der Waals surface area (Å²) >= 11 is 1.98. The van der Waals surface area contributed by atoms with Gasteiger partial charge in [-0.15, -0.1) is 0 Å². The zero-order chi connectivity index (χ0) is 13.4. The second-order valence-electron chi connectivity index (χ2n) is 6.66. The van der Waals surface area contributed by atoms with Crippen LogP contribution in [0.15, 0.2) is 0 Å². The first-order chi connectivity index (χ1) is 8.38. The lowest BCUT2D eigenvalue weighted by molar-refractivity contribution is -0.141. The van der Waals surface area contributed by atoms with Crippen molar-refractivity contribution in [3.05, 3.63) is 0 Å². The highest BCUT2D eigenvalue weighted by molar-refractivity contribution is 8.00. The number of ether oxygens (including phenoxy) is 1. The van der Waals surface area contributed by atoms with Gasteiger partial charge in [-0.05, 0) is 42.3 Å². The summed E-state index contributed by atoms with van der Waals surface area (Å²) in [5.74, 6) is 1.00. The van der Waals surface area contributed by atoms with Crippen LogP contribution in [0.3, 0.4) is 0 Å². The van der Waals surface area contributed by atoms with Crippen molar-refractivity contribution in [3.8, 4) is 0 Å². The number of hydrogen-bond acceptors (Lipinski definition) is 4. The standard InChI is InChI=1S/C14H25NO2S/c1-13(2)5-4-10(12(13)15)18-9-14(6-7-14)8-11(16)17-3/h10,12H,4-9,15H2,1-3H3. The Hall–Kier alpha value is -0.220. The normalized spacial score (nSPS) is 32.2. The molecule has 104 valence electrons. The predicted molar refractivity (Wildman–Crippen MR) is 75.5 cm³/mol. The maximum atomic E-state index is 11.4. The van der Waals surface area contributed by atoms with Gasteiger partial charge in [-0.2, -0.15) is 11.8 Å². The number of carbonyl (C=O) groups excluding carboxylic acids is 1. The molecule has 2 atom stereocenters. The second-order valence-corrected chi connectivity index (χ2v) is 7.88. The number of carbonyl (C=O) groups is 1. The maximum absolute atomic E-state index is 11.4. The van der Waals surface area contributed by atoms with Gasteiger partial charge in [0.05, 0.1) is 13.5 Å². The molecule has 18 heavy (non-hydrogen) atoms. The van der Waals surface area contributed by atoms with Gasteiger partial charge in [0.2, 0.25) is 0 Å². The Labute approximate surface area is 114 Å². The molecular weight excluding hydrogens is 246 g/mol. The lowest BCUT2D eigenvalue weighted by Gasteiger charge is -2.27. The van der Waals surface area contributed by atoms with Gasteiger partial charge in [0, 0.05) is 11.3 Å². The molecule has 2 rings (SSSR count). The fraction of sp³-hybridized carbons (Fsp3) is 0.929. The van der Waals surface area contributed by atoms with Gasteiger partial charge in [0.1, 0.15) is 0 Å². The number of thioether (sulfide) groups is 1. The maximum Gasteiger partial charge on any atom is 0.306 e. The zero-order valence-corrected chi connectivity index (χ0v) is 12.5. The van der Waals surface area contributed by atoms with Crippen molar-refractivity contribution in [3.63, 3.8) is 0 Å². The molecule has 0 amide bonds. The molecule has 0 radical (unpaired) electrons. The molecular formula is C14H25NO2S. The Balaban J connectivity index is 1.80. The molecule has 2 aliphatic carbocycles. The van der Waals surface area contributed by atoms with E-state index in [9.17, 15) is 4.79 Å². The van der Waals surface area contributed by atoms with Crippen LogP contribution in [-0.2, 0) is 9.53 Å². The minimum absolute atomic E-state index is 0.0656. The third-order valence-electron chi connectivity index (χ3n) is 4.68. The molecule has 0 saturated heterocycles. The van der Waals surface area contributed by atoms with E-state index in [1.807, 2.05) is 11.8 Å². The summed E-state index contributed by atoms with van der Waals surface area (Å²) in [6.45, 7) is 4.53. The van der Waals surface area contributed by atoms with Crippen molar-refractivity contribution >= 4 is 17.7 Å². The summed E-state index contributed by atoms with van der Waals surface area (Å²) in [6, 6.07) is 0.288. The number of rotatable bonds is 5. The third-order valence-corrected chi connectivity index (χ3v) is 6.42.